The highest BCUT2D eigenvalue weighted by Crippen LogP contribution is 2.24. The molecule has 14 heavy (non-hydrogen) atoms. The maximum atomic E-state index is 9.31. The molecule has 1 aliphatic heterocycles. The summed E-state index contributed by atoms with van der Waals surface area (Å²) in [5, 5.41) is 9.31. The van der Waals surface area contributed by atoms with Gasteiger partial charge in [-0.25, -0.2) is 0 Å². The Morgan fingerprint density at radius 2 is 2.07 bits per heavy atom. The Hall–Kier alpha value is -1.25. The van der Waals surface area contributed by atoms with Crippen LogP contribution in [0.4, 0.5) is 5.69 Å². The zero-order valence-electron chi connectivity index (χ0n) is 8.48. The van der Waals surface area contributed by atoms with Crippen LogP contribution < -0.4 is 4.90 Å². The van der Waals surface area contributed by atoms with Crippen LogP contribution in [0.1, 0.15) is 19.8 Å². The van der Waals surface area contributed by atoms with Crippen LogP contribution in [0.5, 0.6) is 5.75 Å². The molecule has 76 valence electrons. The molecule has 2 heterocycles. The van der Waals surface area contributed by atoms with E-state index in [9.17, 15) is 5.11 Å². The molecule has 2 rings (SSSR count). The Labute approximate surface area is 84.4 Å². The van der Waals surface area contributed by atoms with Crippen LogP contribution >= 0.6 is 0 Å². The first-order valence-corrected chi connectivity index (χ1v) is 5.14. The predicted molar refractivity (Wildman–Crippen MR) is 56.5 cm³/mol. The van der Waals surface area contributed by atoms with Crippen molar-refractivity contribution in [3.63, 3.8) is 0 Å². The number of aromatic hydroxyl groups is 1. The number of nitrogens with zero attached hydrogens (tertiary/aromatic N) is 2. The van der Waals surface area contributed by atoms with Crippen molar-refractivity contribution in [2.45, 2.75) is 19.8 Å². The zero-order chi connectivity index (χ0) is 9.97. The van der Waals surface area contributed by atoms with Crippen molar-refractivity contribution < 1.29 is 5.11 Å². The summed E-state index contributed by atoms with van der Waals surface area (Å²) in [5.74, 6) is 1.08. The van der Waals surface area contributed by atoms with Gasteiger partial charge in [-0.2, -0.15) is 0 Å². The smallest absolute Gasteiger partial charge is 0.135 e. The minimum atomic E-state index is 0.251. The second-order valence-electron chi connectivity index (χ2n) is 4.07. The van der Waals surface area contributed by atoms with Gasteiger partial charge in [0, 0.05) is 19.2 Å². The van der Waals surface area contributed by atoms with Gasteiger partial charge < -0.3 is 10.0 Å². The van der Waals surface area contributed by atoms with Crippen LogP contribution in [0.25, 0.3) is 0 Å². The molecule has 1 aliphatic rings. The average molecular weight is 192 g/mol. The predicted octanol–water partition coefficient (Wildman–Crippen LogP) is 2.02. The molecule has 1 saturated heterocycles. The highest BCUT2D eigenvalue weighted by molar-refractivity contribution is 5.47. The fraction of sp³-hybridized carbons (Fsp3) is 0.545. The molecule has 3 heteroatoms. The molecule has 0 saturated carbocycles. The number of aromatic nitrogens is 1. The van der Waals surface area contributed by atoms with Crippen LogP contribution in [0.3, 0.4) is 0 Å². The van der Waals surface area contributed by atoms with E-state index in [-0.39, 0.29) is 5.75 Å². The summed E-state index contributed by atoms with van der Waals surface area (Å²) in [6.07, 6.45) is 5.75. The summed E-state index contributed by atoms with van der Waals surface area (Å²) in [6.45, 7) is 4.44. The lowest BCUT2D eigenvalue weighted by Crippen LogP contribution is -2.32. The van der Waals surface area contributed by atoms with E-state index in [2.05, 4.69) is 16.8 Å². The van der Waals surface area contributed by atoms with Crippen LogP contribution in [-0.4, -0.2) is 23.2 Å². The Morgan fingerprint density at radius 1 is 1.36 bits per heavy atom. The molecule has 0 spiro atoms. The summed E-state index contributed by atoms with van der Waals surface area (Å²) in [4.78, 5) is 6.27. The molecule has 1 aromatic heterocycles. The number of piperidine rings is 1. The minimum Gasteiger partial charge on any atom is -0.506 e. The second kappa shape index (κ2) is 3.86. The van der Waals surface area contributed by atoms with Crippen LogP contribution in [0.2, 0.25) is 0 Å². The summed E-state index contributed by atoms with van der Waals surface area (Å²) in [5.41, 5.74) is 1.04. The van der Waals surface area contributed by atoms with Crippen molar-refractivity contribution in [3.8, 4) is 5.75 Å². The maximum Gasteiger partial charge on any atom is 0.135 e. The Balaban J connectivity index is 2.08. The summed E-state index contributed by atoms with van der Waals surface area (Å²) in [7, 11) is 0. The second-order valence-corrected chi connectivity index (χ2v) is 4.07. The van der Waals surface area contributed by atoms with Gasteiger partial charge in [-0.1, -0.05) is 6.92 Å². The van der Waals surface area contributed by atoms with Gasteiger partial charge >= 0.3 is 0 Å². The third kappa shape index (κ3) is 1.97. The molecule has 0 radical (unpaired) electrons. The van der Waals surface area contributed by atoms with E-state index in [0.29, 0.717) is 0 Å². The fourth-order valence-electron chi connectivity index (χ4n) is 1.86. The molecule has 1 N–H and O–H groups in total. The Morgan fingerprint density at radius 3 is 2.71 bits per heavy atom. The SMILES string of the molecule is CC1CCN(c2cncc(O)c2)CC1. The van der Waals surface area contributed by atoms with Gasteiger partial charge in [0.25, 0.3) is 0 Å². The number of anilines is 1. The van der Waals surface area contributed by atoms with Gasteiger partial charge in [-0.15, -0.1) is 0 Å². The zero-order valence-corrected chi connectivity index (χ0v) is 8.48. The maximum absolute atomic E-state index is 9.31. The quantitative estimate of drug-likeness (QED) is 0.739. The average Bonchev–Trinajstić information content (AvgIpc) is 2.19. The Kier molecular flexibility index (Phi) is 2.57. The van der Waals surface area contributed by atoms with Crippen LogP contribution in [-0.2, 0) is 0 Å². The lowest BCUT2D eigenvalue weighted by Gasteiger charge is -2.31. The number of hydrogen-bond acceptors (Lipinski definition) is 3. The van der Waals surface area contributed by atoms with Gasteiger partial charge in [0.05, 0.1) is 18.1 Å². The molecule has 1 fully saturated rings. The van der Waals surface area contributed by atoms with E-state index in [0.717, 1.165) is 24.7 Å². The molecule has 0 amide bonds. The van der Waals surface area contributed by atoms with Crippen LogP contribution in [0, 0.1) is 5.92 Å². The van der Waals surface area contributed by atoms with E-state index < -0.39 is 0 Å². The minimum absolute atomic E-state index is 0.251. The molecular weight excluding hydrogens is 176 g/mol. The van der Waals surface area contributed by atoms with Crippen molar-refractivity contribution in [1.29, 1.82) is 0 Å². The largest absolute Gasteiger partial charge is 0.506 e. The number of pyridine rings is 1. The van der Waals surface area contributed by atoms with Crippen molar-refractivity contribution in [2.24, 2.45) is 5.92 Å². The monoisotopic (exact) mass is 192 g/mol. The standard InChI is InChI=1S/C11H16N2O/c1-9-2-4-13(5-3-9)10-6-11(14)8-12-7-10/h6-9,14H,2-5H2,1H3. The van der Waals surface area contributed by atoms with Crippen molar-refractivity contribution in [1.82, 2.24) is 4.98 Å². The van der Waals surface area contributed by atoms with Gasteiger partial charge in [0.2, 0.25) is 0 Å². The van der Waals surface area contributed by atoms with Gasteiger partial charge in [-0.3, -0.25) is 4.98 Å². The lowest BCUT2D eigenvalue weighted by atomic mass is 9.99. The molecule has 0 aromatic carbocycles. The topological polar surface area (TPSA) is 36.4 Å². The normalized spacial score (nSPS) is 18.5. The fourth-order valence-corrected chi connectivity index (χ4v) is 1.86. The third-order valence-electron chi connectivity index (χ3n) is 2.86. The summed E-state index contributed by atoms with van der Waals surface area (Å²) < 4.78 is 0. The van der Waals surface area contributed by atoms with Crippen molar-refractivity contribution >= 4 is 5.69 Å². The summed E-state index contributed by atoms with van der Waals surface area (Å²) in [6, 6.07) is 1.78. The Bertz CT molecular complexity index is 306. The number of rotatable bonds is 1. The third-order valence-corrected chi connectivity index (χ3v) is 2.86. The van der Waals surface area contributed by atoms with Gasteiger partial charge in [-0.05, 0) is 18.8 Å². The van der Waals surface area contributed by atoms with Crippen molar-refractivity contribution in [2.75, 3.05) is 18.0 Å². The molecule has 0 atom stereocenters. The van der Waals surface area contributed by atoms with E-state index in [1.54, 1.807) is 6.07 Å². The molecule has 1 aromatic rings. The van der Waals surface area contributed by atoms with E-state index >= 15 is 0 Å². The van der Waals surface area contributed by atoms with Crippen LogP contribution in [0.15, 0.2) is 18.5 Å². The molecule has 0 aliphatic carbocycles. The molecular formula is C11H16N2O. The van der Waals surface area contributed by atoms with Gasteiger partial charge in [0.1, 0.15) is 5.75 Å². The highest BCUT2D eigenvalue weighted by Gasteiger charge is 2.16. The number of hydrogen-bond donors (Lipinski definition) is 1. The van der Waals surface area contributed by atoms with E-state index in [1.165, 1.54) is 19.0 Å². The molecule has 0 bridgehead atoms. The van der Waals surface area contributed by atoms with E-state index in [1.807, 2.05) is 6.20 Å². The van der Waals surface area contributed by atoms with Crippen molar-refractivity contribution in [3.05, 3.63) is 18.5 Å². The summed E-state index contributed by atoms with van der Waals surface area (Å²) >= 11 is 0. The molecule has 3 nitrogen and oxygen atoms in total. The van der Waals surface area contributed by atoms with E-state index in [4.69, 9.17) is 0 Å². The van der Waals surface area contributed by atoms with Gasteiger partial charge in [0.15, 0.2) is 0 Å². The highest BCUT2D eigenvalue weighted by atomic mass is 16.3. The first kappa shape index (κ1) is 9.31. The molecule has 0 unspecified atom stereocenters. The lowest BCUT2D eigenvalue weighted by molar-refractivity contribution is 0.436. The first-order valence-electron chi connectivity index (χ1n) is 5.14. The first-order chi connectivity index (χ1) is 6.75.